The van der Waals surface area contributed by atoms with E-state index in [1.54, 1.807) is 0 Å². The molecule has 0 unspecified atom stereocenters. The molecule has 0 N–H and O–H groups in total. The lowest BCUT2D eigenvalue weighted by molar-refractivity contribution is 0.410. The fraction of sp³-hybridized carbons (Fsp3) is 0.100. The lowest BCUT2D eigenvalue weighted by atomic mass is 10.2. The lowest BCUT2D eigenvalue weighted by Crippen LogP contribution is -1.81. The summed E-state index contributed by atoms with van der Waals surface area (Å²) in [6, 6.07) is 7.79. The minimum Gasteiger partial charge on any atom is -0.452 e. The smallest absolute Gasteiger partial charge is 0.186 e. The first-order chi connectivity index (χ1) is 6.34. The van der Waals surface area contributed by atoms with Crippen LogP contribution in [0.15, 0.2) is 41.2 Å². The van der Waals surface area contributed by atoms with Gasteiger partial charge in [-0.15, -0.1) is 0 Å². The van der Waals surface area contributed by atoms with Crippen LogP contribution in [0.1, 0.15) is 5.56 Å². The predicted molar refractivity (Wildman–Crippen MR) is 47.8 cm³/mol. The molecule has 66 valence electrons. The van der Waals surface area contributed by atoms with Gasteiger partial charge in [-0.05, 0) is 19.1 Å². The van der Waals surface area contributed by atoms with Crippen LogP contribution in [0.5, 0.6) is 11.5 Å². The molecule has 1 aromatic carbocycles. The van der Waals surface area contributed by atoms with Gasteiger partial charge in [0.05, 0.1) is 0 Å². The van der Waals surface area contributed by atoms with Crippen LogP contribution in [0.2, 0.25) is 0 Å². The van der Waals surface area contributed by atoms with E-state index in [0.29, 0.717) is 5.75 Å². The fourth-order valence-electron chi connectivity index (χ4n) is 0.988. The van der Waals surface area contributed by atoms with Crippen LogP contribution in [0.3, 0.4) is 0 Å². The minimum atomic E-state index is 0.615. The summed E-state index contributed by atoms with van der Waals surface area (Å²) >= 11 is 0. The van der Waals surface area contributed by atoms with Crippen molar-refractivity contribution in [1.82, 2.24) is 5.16 Å². The van der Waals surface area contributed by atoms with Crippen LogP contribution in [0.25, 0.3) is 0 Å². The third-order valence-corrected chi connectivity index (χ3v) is 1.67. The first-order valence-corrected chi connectivity index (χ1v) is 3.98. The number of rotatable bonds is 2. The summed E-state index contributed by atoms with van der Waals surface area (Å²) in [6.45, 7) is 2.03. The summed E-state index contributed by atoms with van der Waals surface area (Å²) in [4.78, 5) is 0. The molecule has 1 heterocycles. The molecule has 0 spiro atoms. The van der Waals surface area contributed by atoms with Crippen molar-refractivity contribution < 1.29 is 9.26 Å². The molecule has 2 rings (SSSR count). The van der Waals surface area contributed by atoms with Gasteiger partial charge in [0.15, 0.2) is 12.0 Å². The van der Waals surface area contributed by atoms with Crippen molar-refractivity contribution >= 4 is 0 Å². The van der Waals surface area contributed by atoms with Crippen LogP contribution in [-0.2, 0) is 0 Å². The molecule has 0 radical (unpaired) electrons. The molecule has 13 heavy (non-hydrogen) atoms. The number of aromatic nitrogens is 1. The topological polar surface area (TPSA) is 35.3 Å². The second-order valence-electron chi connectivity index (χ2n) is 2.78. The molecule has 0 bridgehead atoms. The summed E-state index contributed by atoms with van der Waals surface area (Å²) in [5.41, 5.74) is 1.21. The quantitative estimate of drug-likeness (QED) is 0.703. The highest BCUT2D eigenvalue weighted by Gasteiger charge is 1.97. The van der Waals surface area contributed by atoms with Crippen molar-refractivity contribution in [3.8, 4) is 11.5 Å². The third-order valence-electron chi connectivity index (χ3n) is 1.67. The number of benzene rings is 1. The summed E-state index contributed by atoms with van der Waals surface area (Å²) in [7, 11) is 0. The van der Waals surface area contributed by atoms with Gasteiger partial charge in [0, 0.05) is 0 Å². The lowest BCUT2D eigenvalue weighted by Gasteiger charge is -2.00. The highest BCUT2D eigenvalue weighted by atomic mass is 16.5. The van der Waals surface area contributed by atoms with E-state index in [-0.39, 0.29) is 0 Å². The van der Waals surface area contributed by atoms with Crippen molar-refractivity contribution in [1.29, 1.82) is 0 Å². The van der Waals surface area contributed by atoms with E-state index < -0.39 is 0 Å². The van der Waals surface area contributed by atoms with E-state index in [1.165, 1.54) is 18.0 Å². The first-order valence-electron chi connectivity index (χ1n) is 3.98. The predicted octanol–water partition coefficient (Wildman–Crippen LogP) is 2.78. The van der Waals surface area contributed by atoms with Gasteiger partial charge >= 0.3 is 0 Å². The maximum Gasteiger partial charge on any atom is 0.186 e. The van der Waals surface area contributed by atoms with Gasteiger partial charge in [0.25, 0.3) is 0 Å². The summed E-state index contributed by atoms with van der Waals surface area (Å²) in [6.07, 6.45) is 2.99. The Morgan fingerprint density at radius 1 is 1.15 bits per heavy atom. The summed E-state index contributed by atoms with van der Waals surface area (Å²) < 4.78 is 10.1. The Hall–Kier alpha value is -1.77. The van der Waals surface area contributed by atoms with Crippen molar-refractivity contribution in [2.24, 2.45) is 0 Å². The van der Waals surface area contributed by atoms with Gasteiger partial charge in [-0.3, -0.25) is 0 Å². The van der Waals surface area contributed by atoms with E-state index >= 15 is 0 Å². The maximum atomic E-state index is 5.42. The highest BCUT2D eigenvalue weighted by Crippen LogP contribution is 2.20. The molecule has 0 saturated carbocycles. The van der Waals surface area contributed by atoms with Crippen molar-refractivity contribution in [2.45, 2.75) is 6.92 Å². The van der Waals surface area contributed by atoms with Crippen LogP contribution in [0, 0.1) is 6.92 Å². The van der Waals surface area contributed by atoms with Crippen LogP contribution < -0.4 is 4.74 Å². The Balaban J connectivity index is 2.15. The van der Waals surface area contributed by atoms with Gasteiger partial charge in [-0.25, -0.2) is 0 Å². The molecule has 0 saturated heterocycles. The van der Waals surface area contributed by atoms with Gasteiger partial charge < -0.3 is 9.26 Å². The Labute approximate surface area is 75.9 Å². The number of hydrogen-bond donors (Lipinski definition) is 0. The molecule has 0 aliphatic rings. The Bertz CT molecular complexity index is 364. The standard InChI is InChI=1S/C10H9NO2/c1-8-2-4-9(5-3-8)13-10-6-11-12-7-10/h2-7H,1H3. The molecule has 0 aliphatic heterocycles. The molecule has 0 aliphatic carbocycles. The average Bonchev–Trinajstić information content (AvgIpc) is 2.62. The minimum absolute atomic E-state index is 0.615. The van der Waals surface area contributed by atoms with Crippen molar-refractivity contribution in [3.05, 3.63) is 42.3 Å². The number of aryl methyl sites for hydroxylation is 1. The van der Waals surface area contributed by atoms with Crippen LogP contribution in [-0.4, -0.2) is 5.16 Å². The van der Waals surface area contributed by atoms with Gasteiger partial charge in [-0.1, -0.05) is 22.9 Å². The monoisotopic (exact) mass is 175 g/mol. The van der Waals surface area contributed by atoms with Gasteiger partial charge in [0.1, 0.15) is 11.9 Å². The third kappa shape index (κ3) is 1.87. The zero-order chi connectivity index (χ0) is 9.10. The van der Waals surface area contributed by atoms with Gasteiger partial charge in [0.2, 0.25) is 0 Å². The Kier molecular flexibility index (Phi) is 2.00. The molecule has 2 aromatic rings. The van der Waals surface area contributed by atoms with E-state index in [0.717, 1.165) is 5.75 Å². The molecular formula is C10H9NO2. The second kappa shape index (κ2) is 3.31. The van der Waals surface area contributed by atoms with E-state index in [9.17, 15) is 0 Å². The van der Waals surface area contributed by atoms with Gasteiger partial charge in [-0.2, -0.15) is 0 Å². The molecule has 1 aromatic heterocycles. The zero-order valence-corrected chi connectivity index (χ0v) is 7.23. The number of hydrogen-bond acceptors (Lipinski definition) is 3. The number of ether oxygens (including phenoxy) is 1. The second-order valence-corrected chi connectivity index (χ2v) is 2.78. The molecule has 3 heteroatoms. The van der Waals surface area contributed by atoms with E-state index in [1.807, 2.05) is 31.2 Å². The molecule has 0 amide bonds. The number of nitrogens with zero attached hydrogens (tertiary/aromatic N) is 1. The van der Waals surface area contributed by atoms with Crippen molar-refractivity contribution in [2.75, 3.05) is 0 Å². The van der Waals surface area contributed by atoms with E-state index in [2.05, 4.69) is 9.68 Å². The van der Waals surface area contributed by atoms with Crippen LogP contribution in [0.4, 0.5) is 0 Å². The Morgan fingerprint density at radius 3 is 2.54 bits per heavy atom. The zero-order valence-electron chi connectivity index (χ0n) is 7.23. The molecule has 0 atom stereocenters. The first kappa shape index (κ1) is 7.86. The summed E-state index contributed by atoms with van der Waals surface area (Å²) in [5, 5.41) is 3.54. The normalized spacial score (nSPS) is 9.92. The molecular weight excluding hydrogens is 166 g/mol. The highest BCUT2D eigenvalue weighted by molar-refractivity contribution is 5.30. The molecule has 0 fully saturated rings. The maximum absolute atomic E-state index is 5.42. The van der Waals surface area contributed by atoms with E-state index in [4.69, 9.17) is 4.74 Å². The largest absolute Gasteiger partial charge is 0.452 e. The fourth-order valence-corrected chi connectivity index (χ4v) is 0.988. The average molecular weight is 175 g/mol. The van der Waals surface area contributed by atoms with Crippen LogP contribution >= 0.6 is 0 Å². The SMILES string of the molecule is Cc1ccc(Oc2cnoc2)cc1. The summed E-state index contributed by atoms with van der Waals surface area (Å²) in [5.74, 6) is 1.40. The van der Waals surface area contributed by atoms with Crippen molar-refractivity contribution in [3.63, 3.8) is 0 Å². The molecule has 3 nitrogen and oxygen atoms in total. The Morgan fingerprint density at radius 2 is 1.92 bits per heavy atom.